The zero-order chi connectivity index (χ0) is 13.4. The van der Waals surface area contributed by atoms with Gasteiger partial charge >= 0.3 is 0 Å². The smallest absolute Gasteiger partial charge is 0.229 e. The van der Waals surface area contributed by atoms with Crippen molar-refractivity contribution >= 4 is 17.7 Å². The Bertz CT molecular complexity index is 251. The van der Waals surface area contributed by atoms with Crippen LogP contribution >= 0.6 is 11.8 Å². The van der Waals surface area contributed by atoms with Gasteiger partial charge in [0.25, 0.3) is 0 Å². The molecule has 1 aliphatic rings. The highest BCUT2D eigenvalue weighted by molar-refractivity contribution is 7.98. The minimum absolute atomic E-state index is 0.00386. The lowest BCUT2D eigenvalue weighted by Gasteiger charge is -2.24. The highest BCUT2D eigenvalue weighted by atomic mass is 32.2. The van der Waals surface area contributed by atoms with Gasteiger partial charge in [0.2, 0.25) is 5.91 Å². The van der Waals surface area contributed by atoms with Crippen molar-refractivity contribution in [3.63, 3.8) is 0 Å². The second-order valence-corrected chi connectivity index (χ2v) is 5.80. The first kappa shape index (κ1) is 15.8. The van der Waals surface area contributed by atoms with Crippen LogP contribution in [0, 0.1) is 5.92 Å². The molecular formula is C13H26N2O2S. The third-order valence-electron chi connectivity index (χ3n) is 3.27. The number of hydrogen-bond acceptors (Lipinski definition) is 4. The van der Waals surface area contributed by atoms with E-state index in [1.54, 1.807) is 0 Å². The number of carbonyl (C=O) groups is 1. The van der Waals surface area contributed by atoms with Crippen LogP contribution in [-0.4, -0.2) is 62.2 Å². The Morgan fingerprint density at radius 1 is 1.50 bits per heavy atom. The first-order valence-electron chi connectivity index (χ1n) is 6.75. The molecule has 18 heavy (non-hydrogen) atoms. The second-order valence-electron chi connectivity index (χ2n) is 4.81. The van der Waals surface area contributed by atoms with Crippen LogP contribution in [0.4, 0.5) is 0 Å². The molecule has 0 radical (unpaired) electrons. The van der Waals surface area contributed by atoms with Gasteiger partial charge in [-0.25, -0.2) is 0 Å². The third-order valence-corrected chi connectivity index (χ3v) is 3.97. The molecular weight excluding hydrogens is 248 g/mol. The number of nitrogens with zero attached hydrogens (tertiary/aromatic N) is 1. The van der Waals surface area contributed by atoms with E-state index in [0.29, 0.717) is 13.2 Å². The number of nitrogens with one attached hydrogen (secondary N) is 1. The minimum atomic E-state index is -0.00386. The fourth-order valence-electron chi connectivity index (χ4n) is 2.17. The maximum atomic E-state index is 12.3. The van der Waals surface area contributed by atoms with Gasteiger partial charge < -0.3 is 15.0 Å². The zero-order valence-electron chi connectivity index (χ0n) is 11.8. The molecule has 0 bridgehead atoms. The molecule has 0 aliphatic carbocycles. The van der Waals surface area contributed by atoms with Crippen molar-refractivity contribution in [2.75, 3.05) is 45.4 Å². The Morgan fingerprint density at radius 3 is 2.94 bits per heavy atom. The predicted octanol–water partition coefficient (Wildman–Crippen LogP) is 1.21. The fraction of sp³-hybridized carbons (Fsp3) is 0.923. The summed E-state index contributed by atoms with van der Waals surface area (Å²) in [4.78, 5) is 14.2. The van der Waals surface area contributed by atoms with E-state index in [9.17, 15) is 4.79 Å². The van der Waals surface area contributed by atoms with E-state index >= 15 is 0 Å². The molecule has 1 rings (SSSR count). The molecule has 0 aromatic carbocycles. The molecule has 106 valence electrons. The molecule has 0 saturated carbocycles. The lowest BCUT2D eigenvalue weighted by molar-refractivity contribution is -0.134. The summed E-state index contributed by atoms with van der Waals surface area (Å²) < 4.78 is 5.45. The molecule has 5 heteroatoms. The Balaban J connectivity index is 2.38. The highest BCUT2D eigenvalue weighted by Gasteiger charge is 2.34. The average Bonchev–Trinajstić information content (AvgIpc) is 2.83. The monoisotopic (exact) mass is 274 g/mol. The summed E-state index contributed by atoms with van der Waals surface area (Å²) >= 11 is 1.82. The Hall–Kier alpha value is -0.260. The number of ether oxygens (including phenoxy) is 1. The SMILES string of the molecule is CCCNC1COCC1C(=O)N(C)CCCSC. The molecule has 1 aliphatic heterocycles. The fourth-order valence-corrected chi connectivity index (χ4v) is 2.59. The van der Waals surface area contributed by atoms with Crippen molar-refractivity contribution in [1.82, 2.24) is 10.2 Å². The van der Waals surface area contributed by atoms with Crippen molar-refractivity contribution < 1.29 is 9.53 Å². The molecule has 1 fully saturated rings. The summed E-state index contributed by atoms with van der Waals surface area (Å²) in [7, 11) is 1.90. The van der Waals surface area contributed by atoms with Crippen LogP contribution in [0.25, 0.3) is 0 Å². The molecule has 0 aromatic heterocycles. The van der Waals surface area contributed by atoms with Crippen LogP contribution in [-0.2, 0) is 9.53 Å². The van der Waals surface area contributed by atoms with Gasteiger partial charge in [0.15, 0.2) is 0 Å². The maximum Gasteiger partial charge on any atom is 0.229 e. The molecule has 1 N–H and O–H groups in total. The number of rotatable bonds is 8. The maximum absolute atomic E-state index is 12.3. The van der Waals surface area contributed by atoms with E-state index in [1.165, 1.54) is 0 Å². The lowest BCUT2D eigenvalue weighted by Crippen LogP contribution is -2.45. The Morgan fingerprint density at radius 2 is 2.28 bits per heavy atom. The van der Waals surface area contributed by atoms with E-state index in [0.717, 1.165) is 31.7 Å². The average molecular weight is 274 g/mol. The molecule has 1 heterocycles. The van der Waals surface area contributed by atoms with Crippen molar-refractivity contribution in [1.29, 1.82) is 0 Å². The quantitative estimate of drug-likeness (QED) is 0.676. The first-order chi connectivity index (χ1) is 8.70. The van der Waals surface area contributed by atoms with Gasteiger partial charge in [-0.05, 0) is 31.4 Å². The van der Waals surface area contributed by atoms with Crippen molar-refractivity contribution in [3.8, 4) is 0 Å². The van der Waals surface area contributed by atoms with Crippen LogP contribution < -0.4 is 5.32 Å². The predicted molar refractivity (Wildman–Crippen MR) is 77.0 cm³/mol. The van der Waals surface area contributed by atoms with Gasteiger partial charge in [-0.15, -0.1) is 0 Å². The van der Waals surface area contributed by atoms with Crippen LogP contribution in [0.5, 0.6) is 0 Å². The first-order valence-corrected chi connectivity index (χ1v) is 8.15. The number of carbonyl (C=O) groups excluding carboxylic acids is 1. The van der Waals surface area contributed by atoms with E-state index in [1.807, 2.05) is 23.7 Å². The molecule has 2 atom stereocenters. The van der Waals surface area contributed by atoms with Gasteiger partial charge in [-0.2, -0.15) is 11.8 Å². The van der Waals surface area contributed by atoms with E-state index in [4.69, 9.17) is 4.74 Å². The number of amides is 1. The van der Waals surface area contributed by atoms with E-state index in [2.05, 4.69) is 18.5 Å². The van der Waals surface area contributed by atoms with Gasteiger partial charge in [-0.3, -0.25) is 4.79 Å². The van der Waals surface area contributed by atoms with Gasteiger partial charge in [0.05, 0.1) is 19.1 Å². The third kappa shape index (κ3) is 4.78. The lowest BCUT2D eigenvalue weighted by atomic mass is 10.0. The van der Waals surface area contributed by atoms with Crippen LogP contribution in [0.3, 0.4) is 0 Å². The zero-order valence-corrected chi connectivity index (χ0v) is 12.6. The van der Waals surface area contributed by atoms with Crippen molar-refractivity contribution in [2.24, 2.45) is 5.92 Å². The van der Waals surface area contributed by atoms with Crippen molar-refractivity contribution in [3.05, 3.63) is 0 Å². The number of thioether (sulfide) groups is 1. The van der Waals surface area contributed by atoms with Crippen LogP contribution in [0.15, 0.2) is 0 Å². The van der Waals surface area contributed by atoms with Crippen LogP contribution in [0.2, 0.25) is 0 Å². The molecule has 0 spiro atoms. The van der Waals surface area contributed by atoms with Gasteiger partial charge in [-0.1, -0.05) is 6.92 Å². The highest BCUT2D eigenvalue weighted by Crippen LogP contribution is 2.16. The number of hydrogen-bond donors (Lipinski definition) is 1. The van der Waals surface area contributed by atoms with Crippen LogP contribution in [0.1, 0.15) is 19.8 Å². The summed E-state index contributed by atoms with van der Waals surface area (Å²) in [6.07, 6.45) is 4.24. The summed E-state index contributed by atoms with van der Waals surface area (Å²) in [5, 5.41) is 3.41. The molecule has 1 saturated heterocycles. The van der Waals surface area contributed by atoms with Gasteiger partial charge in [0, 0.05) is 19.6 Å². The summed E-state index contributed by atoms with van der Waals surface area (Å²) in [5.74, 6) is 1.33. The summed E-state index contributed by atoms with van der Waals surface area (Å²) in [6.45, 7) is 5.15. The minimum Gasteiger partial charge on any atom is -0.379 e. The van der Waals surface area contributed by atoms with E-state index < -0.39 is 0 Å². The molecule has 1 amide bonds. The van der Waals surface area contributed by atoms with Gasteiger partial charge in [0.1, 0.15) is 0 Å². The van der Waals surface area contributed by atoms with Crippen molar-refractivity contribution in [2.45, 2.75) is 25.8 Å². The standard InChI is InChI=1S/C13H26N2O2S/c1-4-6-14-12-10-17-9-11(12)13(16)15(2)7-5-8-18-3/h11-12,14H,4-10H2,1-3H3. The molecule has 2 unspecified atom stereocenters. The molecule has 0 aromatic rings. The second kappa shape index (κ2) is 8.77. The largest absolute Gasteiger partial charge is 0.379 e. The normalized spacial score (nSPS) is 23.3. The summed E-state index contributed by atoms with van der Waals surface area (Å²) in [5.41, 5.74) is 0. The Labute approximate surface area is 115 Å². The summed E-state index contributed by atoms with van der Waals surface area (Å²) in [6, 6.07) is 0.195. The topological polar surface area (TPSA) is 41.6 Å². The molecule has 4 nitrogen and oxygen atoms in total. The van der Waals surface area contributed by atoms with E-state index in [-0.39, 0.29) is 17.9 Å². The Kier molecular flexibility index (Phi) is 7.70.